The summed E-state index contributed by atoms with van der Waals surface area (Å²) in [5, 5.41) is 7.57. The molecule has 0 saturated heterocycles. The number of aromatic nitrogens is 2. The Kier molecular flexibility index (Phi) is 9.39. The quantitative estimate of drug-likeness (QED) is 0.202. The molecule has 1 aromatic heterocycles. The van der Waals surface area contributed by atoms with Crippen LogP contribution in [-0.2, 0) is 16.0 Å². The number of anilines is 1. The third-order valence-electron chi connectivity index (χ3n) is 6.51. The molecule has 0 spiro atoms. The summed E-state index contributed by atoms with van der Waals surface area (Å²) in [5.41, 5.74) is 1.66. The van der Waals surface area contributed by atoms with E-state index in [9.17, 15) is 19.2 Å². The minimum atomic E-state index is -1.11. The van der Waals surface area contributed by atoms with E-state index in [1.165, 1.54) is 52.5 Å². The first-order chi connectivity index (χ1) is 20.2. The standard InChI is InChI=1S/C31H28ClN3O7/c1-18(36)22-12-10-20(32)15-24(22)25-17-28(37)35(34-30(25)41-3)26(14-19-8-6-5-7-9-19)29(38)33-21-11-13-23(31(39)42-4)27(16-21)40-2/h5-13,15-17,26H,14H2,1-4H3,(H,33,38)/t26-/m0/s1. The SMILES string of the molecule is COC(=O)c1ccc(NC(=O)[C@H](Cc2ccccc2)n2nc(OC)c(-c3cc(Cl)ccc3C(C)=O)cc2=O)cc1OC. The lowest BCUT2D eigenvalue weighted by Crippen LogP contribution is -2.36. The monoisotopic (exact) mass is 589 g/mol. The Morgan fingerprint density at radius 2 is 1.62 bits per heavy atom. The van der Waals surface area contributed by atoms with Crippen molar-refractivity contribution in [2.24, 2.45) is 0 Å². The molecule has 1 atom stereocenters. The van der Waals surface area contributed by atoms with Crippen LogP contribution in [0, 0.1) is 0 Å². The number of hydrogen-bond acceptors (Lipinski definition) is 8. The zero-order valence-electron chi connectivity index (χ0n) is 23.3. The molecule has 0 aliphatic heterocycles. The van der Waals surface area contributed by atoms with E-state index in [2.05, 4.69) is 10.4 Å². The van der Waals surface area contributed by atoms with Gasteiger partial charge in [0.25, 0.3) is 5.56 Å². The van der Waals surface area contributed by atoms with Crippen LogP contribution < -0.4 is 20.3 Å². The topological polar surface area (TPSA) is 126 Å². The first kappa shape index (κ1) is 30.0. The highest BCUT2D eigenvalue weighted by atomic mass is 35.5. The number of Topliss-reactive ketones (excluding diaryl/α,β-unsaturated/α-hetero) is 1. The number of nitrogens with zero attached hydrogens (tertiary/aromatic N) is 2. The van der Waals surface area contributed by atoms with Crippen molar-refractivity contribution in [1.82, 2.24) is 9.78 Å². The van der Waals surface area contributed by atoms with Crippen LogP contribution in [-0.4, -0.2) is 48.8 Å². The summed E-state index contributed by atoms with van der Waals surface area (Å²) in [6.45, 7) is 1.40. The Labute approximate surface area is 246 Å². The van der Waals surface area contributed by atoms with E-state index in [4.69, 9.17) is 25.8 Å². The number of amides is 1. The smallest absolute Gasteiger partial charge is 0.341 e. The number of carbonyl (C=O) groups is 3. The van der Waals surface area contributed by atoms with Gasteiger partial charge in [0.15, 0.2) is 5.78 Å². The fourth-order valence-electron chi connectivity index (χ4n) is 4.47. The van der Waals surface area contributed by atoms with Crippen molar-refractivity contribution >= 4 is 34.9 Å². The molecule has 216 valence electrons. The number of carbonyl (C=O) groups excluding carboxylic acids is 3. The average molecular weight is 590 g/mol. The maximum atomic E-state index is 13.7. The molecule has 0 bridgehead atoms. The second-order valence-corrected chi connectivity index (χ2v) is 9.63. The van der Waals surface area contributed by atoms with Crippen molar-refractivity contribution in [2.75, 3.05) is 26.6 Å². The van der Waals surface area contributed by atoms with Gasteiger partial charge < -0.3 is 19.5 Å². The number of rotatable bonds is 10. The Morgan fingerprint density at radius 3 is 2.26 bits per heavy atom. The summed E-state index contributed by atoms with van der Waals surface area (Å²) in [7, 11) is 4.02. The second kappa shape index (κ2) is 13.1. The van der Waals surface area contributed by atoms with Gasteiger partial charge in [0.1, 0.15) is 17.4 Å². The molecule has 42 heavy (non-hydrogen) atoms. The lowest BCUT2D eigenvalue weighted by atomic mass is 9.98. The largest absolute Gasteiger partial charge is 0.496 e. The molecule has 0 aliphatic rings. The molecule has 0 radical (unpaired) electrons. The van der Waals surface area contributed by atoms with Crippen LogP contribution in [0.3, 0.4) is 0 Å². The van der Waals surface area contributed by atoms with Gasteiger partial charge >= 0.3 is 5.97 Å². The molecule has 0 saturated carbocycles. The number of ketones is 1. The Hall–Kier alpha value is -4.96. The van der Waals surface area contributed by atoms with Gasteiger partial charge in [-0.15, -0.1) is 5.10 Å². The molecule has 4 rings (SSSR count). The highest BCUT2D eigenvalue weighted by Gasteiger charge is 2.27. The number of halogens is 1. The summed E-state index contributed by atoms with van der Waals surface area (Å²) >= 11 is 6.21. The van der Waals surface area contributed by atoms with Crippen LogP contribution in [0.4, 0.5) is 5.69 Å². The van der Waals surface area contributed by atoms with E-state index in [0.717, 1.165) is 10.2 Å². The fourth-order valence-corrected chi connectivity index (χ4v) is 4.64. The lowest BCUT2D eigenvalue weighted by molar-refractivity contribution is -0.119. The molecule has 1 heterocycles. The summed E-state index contributed by atoms with van der Waals surface area (Å²) in [4.78, 5) is 51.7. The highest BCUT2D eigenvalue weighted by molar-refractivity contribution is 6.31. The Bertz CT molecular complexity index is 1700. The Balaban J connectivity index is 1.79. The van der Waals surface area contributed by atoms with Crippen molar-refractivity contribution < 1.29 is 28.6 Å². The minimum Gasteiger partial charge on any atom is -0.496 e. The fraction of sp³-hybridized carbons (Fsp3) is 0.194. The molecule has 10 nitrogen and oxygen atoms in total. The molecule has 1 N–H and O–H groups in total. The second-order valence-electron chi connectivity index (χ2n) is 9.20. The van der Waals surface area contributed by atoms with Crippen LogP contribution in [0.5, 0.6) is 11.6 Å². The van der Waals surface area contributed by atoms with Gasteiger partial charge in [-0.3, -0.25) is 14.4 Å². The van der Waals surface area contributed by atoms with Crippen LogP contribution in [0.15, 0.2) is 77.6 Å². The molecule has 1 amide bonds. The molecule has 0 aliphatic carbocycles. The number of ether oxygens (including phenoxy) is 3. The molecule has 3 aromatic carbocycles. The minimum absolute atomic E-state index is 0.0225. The van der Waals surface area contributed by atoms with Gasteiger partial charge in [-0.2, -0.15) is 0 Å². The van der Waals surface area contributed by atoms with Gasteiger partial charge in [0.05, 0.1) is 26.9 Å². The van der Waals surface area contributed by atoms with E-state index < -0.39 is 23.5 Å². The van der Waals surface area contributed by atoms with E-state index in [1.54, 1.807) is 18.2 Å². The van der Waals surface area contributed by atoms with Crippen molar-refractivity contribution in [2.45, 2.75) is 19.4 Å². The number of hydrogen-bond donors (Lipinski definition) is 1. The molecular formula is C31H28ClN3O7. The summed E-state index contributed by atoms with van der Waals surface area (Å²) in [6.07, 6.45) is 0.120. The van der Waals surface area contributed by atoms with Crippen molar-refractivity contribution in [3.8, 4) is 22.8 Å². The van der Waals surface area contributed by atoms with E-state index in [-0.39, 0.29) is 35.0 Å². The van der Waals surface area contributed by atoms with Crippen LogP contribution >= 0.6 is 11.6 Å². The number of methoxy groups -OCH3 is 3. The third kappa shape index (κ3) is 6.50. The molecule has 0 fully saturated rings. The van der Waals surface area contributed by atoms with E-state index in [1.807, 2.05) is 30.3 Å². The lowest BCUT2D eigenvalue weighted by Gasteiger charge is -2.21. The summed E-state index contributed by atoms with van der Waals surface area (Å²) < 4.78 is 16.6. The maximum Gasteiger partial charge on any atom is 0.341 e. The number of benzene rings is 3. The summed E-state index contributed by atoms with van der Waals surface area (Å²) in [5.74, 6) is -1.16. The van der Waals surface area contributed by atoms with E-state index >= 15 is 0 Å². The van der Waals surface area contributed by atoms with Crippen molar-refractivity contribution in [3.05, 3.63) is 105 Å². The molecule has 11 heteroatoms. The molecule has 4 aromatic rings. The first-order valence-electron chi connectivity index (χ1n) is 12.8. The van der Waals surface area contributed by atoms with Gasteiger partial charge in [-0.05, 0) is 48.4 Å². The zero-order valence-corrected chi connectivity index (χ0v) is 24.1. The molecular weight excluding hydrogens is 562 g/mol. The van der Waals surface area contributed by atoms with Gasteiger partial charge in [-0.25, -0.2) is 9.48 Å². The van der Waals surface area contributed by atoms with Crippen molar-refractivity contribution in [1.29, 1.82) is 0 Å². The normalized spacial score (nSPS) is 11.4. The van der Waals surface area contributed by atoms with Crippen LogP contribution in [0.1, 0.15) is 39.2 Å². The van der Waals surface area contributed by atoms with Gasteiger partial charge in [0, 0.05) is 34.8 Å². The van der Waals surface area contributed by atoms with E-state index in [0.29, 0.717) is 21.8 Å². The Morgan fingerprint density at radius 1 is 0.905 bits per heavy atom. The van der Waals surface area contributed by atoms with Crippen molar-refractivity contribution in [3.63, 3.8) is 0 Å². The maximum absolute atomic E-state index is 13.7. The predicted molar refractivity (Wildman–Crippen MR) is 158 cm³/mol. The first-order valence-corrected chi connectivity index (χ1v) is 13.1. The zero-order chi connectivity index (χ0) is 30.4. The van der Waals surface area contributed by atoms with Gasteiger partial charge in [-0.1, -0.05) is 41.9 Å². The molecule has 0 unspecified atom stereocenters. The van der Waals surface area contributed by atoms with Gasteiger partial charge in [0.2, 0.25) is 11.8 Å². The average Bonchev–Trinajstić information content (AvgIpc) is 2.99. The number of esters is 1. The predicted octanol–water partition coefficient (Wildman–Crippen LogP) is 4.99. The van der Waals surface area contributed by atoms with Crippen LogP contribution in [0.25, 0.3) is 11.1 Å². The summed E-state index contributed by atoms with van der Waals surface area (Å²) in [6, 6.07) is 18.5. The number of nitrogens with one attached hydrogen (secondary N) is 1. The highest BCUT2D eigenvalue weighted by Crippen LogP contribution is 2.33. The third-order valence-corrected chi connectivity index (χ3v) is 6.75. The van der Waals surface area contributed by atoms with Crippen LogP contribution in [0.2, 0.25) is 5.02 Å².